The van der Waals surface area contributed by atoms with Crippen molar-refractivity contribution in [2.45, 2.75) is 13.3 Å². The second-order valence-electron chi connectivity index (χ2n) is 5.36. The van der Waals surface area contributed by atoms with Gasteiger partial charge < -0.3 is 15.5 Å². The topological polar surface area (TPSA) is 66.0 Å². The Morgan fingerprint density at radius 1 is 1.27 bits per heavy atom. The van der Waals surface area contributed by atoms with Crippen molar-refractivity contribution in [3.63, 3.8) is 0 Å². The lowest BCUT2D eigenvalue weighted by Crippen LogP contribution is -2.17. The summed E-state index contributed by atoms with van der Waals surface area (Å²) in [6.07, 6.45) is 2.63. The van der Waals surface area contributed by atoms with Gasteiger partial charge in [-0.15, -0.1) is 5.10 Å². The number of aromatic nitrogens is 3. The molecule has 2 rings (SSSR count). The van der Waals surface area contributed by atoms with Gasteiger partial charge in [0, 0.05) is 11.0 Å². The molecule has 118 valence electrons. The number of nitrogens with one attached hydrogen (secondary N) is 2. The Balaban J connectivity index is 1.96. The molecule has 0 spiro atoms. The Morgan fingerprint density at radius 2 is 2.09 bits per heavy atom. The lowest BCUT2D eigenvalue weighted by molar-refractivity contribution is 0.405. The zero-order chi connectivity index (χ0) is 15.9. The van der Waals surface area contributed by atoms with E-state index in [0.717, 1.165) is 29.7 Å². The van der Waals surface area contributed by atoms with Crippen molar-refractivity contribution in [2.75, 3.05) is 37.8 Å². The van der Waals surface area contributed by atoms with Crippen LogP contribution in [0.15, 0.2) is 28.9 Å². The van der Waals surface area contributed by atoms with Crippen LogP contribution in [0.3, 0.4) is 0 Å². The highest BCUT2D eigenvalue weighted by atomic mass is 79.9. The van der Waals surface area contributed by atoms with Crippen LogP contribution in [0.4, 0.5) is 17.5 Å². The summed E-state index contributed by atoms with van der Waals surface area (Å²) in [5.74, 6) is 1.20. The third kappa shape index (κ3) is 5.23. The number of nitrogens with zero attached hydrogens (tertiary/aromatic N) is 4. The Bertz CT molecular complexity index is 617. The summed E-state index contributed by atoms with van der Waals surface area (Å²) < 4.78 is 0.992. The normalized spacial score (nSPS) is 10.8. The van der Waals surface area contributed by atoms with Crippen LogP contribution >= 0.6 is 15.9 Å². The van der Waals surface area contributed by atoms with Crippen LogP contribution in [-0.2, 0) is 0 Å². The van der Waals surface area contributed by atoms with Gasteiger partial charge in [0.2, 0.25) is 5.95 Å². The largest absolute Gasteiger partial charge is 0.353 e. The number of hydrogen-bond acceptors (Lipinski definition) is 6. The third-order valence-electron chi connectivity index (χ3n) is 3.01. The van der Waals surface area contributed by atoms with Crippen molar-refractivity contribution in [3.8, 4) is 0 Å². The minimum absolute atomic E-state index is 0.534. The molecule has 0 atom stereocenters. The molecule has 6 nitrogen and oxygen atoms in total. The SMILES string of the molecule is Cc1ccc(Nc2cnnc(NCCCN(C)C)n2)c(Br)c1. The smallest absolute Gasteiger partial charge is 0.244 e. The molecule has 0 saturated heterocycles. The minimum Gasteiger partial charge on any atom is -0.353 e. The van der Waals surface area contributed by atoms with Crippen LogP contribution in [0.5, 0.6) is 0 Å². The van der Waals surface area contributed by atoms with E-state index in [2.05, 4.69) is 73.7 Å². The zero-order valence-corrected chi connectivity index (χ0v) is 14.7. The van der Waals surface area contributed by atoms with Gasteiger partial charge in [-0.2, -0.15) is 10.1 Å². The van der Waals surface area contributed by atoms with E-state index in [1.807, 2.05) is 12.1 Å². The van der Waals surface area contributed by atoms with Crippen molar-refractivity contribution in [1.82, 2.24) is 20.1 Å². The number of hydrogen-bond donors (Lipinski definition) is 2. The predicted molar refractivity (Wildman–Crippen MR) is 93.6 cm³/mol. The Hall–Kier alpha value is -1.73. The van der Waals surface area contributed by atoms with Gasteiger partial charge in [-0.3, -0.25) is 0 Å². The first-order valence-corrected chi connectivity index (χ1v) is 7.95. The number of aryl methyl sites for hydroxylation is 1. The number of halogens is 1. The molecule has 0 aliphatic heterocycles. The van der Waals surface area contributed by atoms with Crippen LogP contribution in [0, 0.1) is 6.92 Å². The lowest BCUT2D eigenvalue weighted by Gasteiger charge is -2.11. The molecular weight excluding hydrogens is 344 g/mol. The van der Waals surface area contributed by atoms with Crippen molar-refractivity contribution < 1.29 is 0 Å². The van der Waals surface area contributed by atoms with E-state index >= 15 is 0 Å². The Kier molecular flexibility index (Phi) is 6.09. The van der Waals surface area contributed by atoms with E-state index in [9.17, 15) is 0 Å². The summed E-state index contributed by atoms with van der Waals surface area (Å²) >= 11 is 3.54. The molecule has 2 aromatic rings. The van der Waals surface area contributed by atoms with Crippen molar-refractivity contribution in [2.24, 2.45) is 0 Å². The minimum atomic E-state index is 0.534. The van der Waals surface area contributed by atoms with Crippen LogP contribution in [0.2, 0.25) is 0 Å². The number of benzene rings is 1. The maximum Gasteiger partial charge on any atom is 0.244 e. The van der Waals surface area contributed by atoms with Gasteiger partial charge in [0.25, 0.3) is 0 Å². The molecule has 0 bridgehead atoms. The summed E-state index contributed by atoms with van der Waals surface area (Å²) in [5, 5.41) is 14.4. The fourth-order valence-corrected chi connectivity index (χ4v) is 2.49. The van der Waals surface area contributed by atoms with E-state index < -0.39 is 0 Å². The molecule has 0 aliphatic carbocycles. The standard InChI is InChI=1S/C15H21BrN6/c1-11-5-6-13(12(16)9-11)19-14-10-18-21-15(20-14)17-7-4-8-22(2)3/h5-6,9-10H,4,7-8H2,1-3H3,(H2,17,19,20,21). The Labute approximate surface area is 139 Å². The highest BCUT2D eigenvalue weighted by Gasteiger charge is 2.04. The highest BCUT2D eigenvalue weighted by molar-refractivity contribution is 9.10. The van der Waals surface area contributed by atoms with Crippen LogP contribution in [-0.4, -0.2) is 47.3 Å². The molecule has 0 fully saturated rings. The van der Waals surface area contributed by atoms with Crippen LogP contribution in [0.25, 0.3) is 0 Å². The highest BCUT2D eigenvalue weighted by Crippen LogP contribution is 2.25. The molecule has 0 unspecified atom stereocenters. The van der Waals surface area contributed by atoms with Crippen molar-refractivity contribution >= 4 is 33.4 Å². The second kappa shape index (κ2) is 8.05. The maximum absolute atomic E-state index is 4.42. The lowest BCUT2D eigenvalue weighted by atomic mass is 10.2. The van der Waals surface area contributed by atoms with Gasteiger partial charge in [-0.25, -0.2) is 0 Å². The fraction of sp³-hybridized carbons (Fsp3) is 0.400. The molecule has 0 amide bonds. The summed E-state index contributed by atoms with van der Waals surface area (Å²) in [4.78, 5) is 6.56. The third-order valence-corrected chi connectivity index (χ3v) is 3.67. The first-order chi connectivity index (χ1) is 10.5. The molecule has 22 heavy (non-hydrogen) atoms. The summed E-state index contributed by atoms with van der Waals surface area (Å²) in [5.41, 5.74) is 2.14. The molecule has 0 saturated carbocycles. The van der Waals surface area contributed by atoms with Gasteiger partial charge in [-0.1, -0.05) is 6.07 Å². The van der Waals surface area contributed by atoms with E-state index in [1.54, 1.807) is 6.20 Å². The Morgan fingerprint density at radius 3 is 2.82 bits per heavy atom. The van der Waals surface area contributed by atoms with Gasteiger partial charge in [0.15, 0.2) is 5.82 Å². The molecule has 1 heterocycles. The fourth-order valence-electron chi connectivity index (χ4n) is 1.89. The van der Waals surface area contributed by atoms with E-state index in [4.69, 9.17) is 0 Å². The van der Waals surface area contributed by atoms with E-state index in [0.29, 0.717) is 11.8 Å². The van der Waals surface area contributed by atoms with Crippen LogP contribution < -0.4 is 10.6 Å². The molecule has 1 aromatic carbocycles. The van der Waals surface area contributed by atoms with Gasteiger partial charge >= 0.3 is 0 Å². The van der Waals surface area contributed by atoms with Crippen LogP contribution in [0.1, 0.15) is 12.0 Å². The number of rotatable bonds is 7. The molecule has 0 radical (unpaired) electrons. The summed E-state index contributed by atoms with van der Waals surface area (Å²) in [6.45, 7) is 3.89. The summed E-state index contributed by atoms with van der Waals surface area (Å²) in [6, 6.07) is 6.10. The van der Waals surface area contributed by atoms with E-state index in [1.165, 1.54) is 5.56 Å². The molecule has 2 N–H and O–H groups in total. The predicted octanol–water partition coefficient (Wildman–Crippen LogP) is 3.05. The number of anilines is 3. The van der Waals surface area contributed by atoms with Gasteiger partial charge in [0.1, 0.15) is 0 Å². The second-order valence-corrected chi connectivity index (χ2v) is 6.21. The zero-order valence-electron chi connectivity index (χ0n) is 13.1. The van der Waals surface area contributed by atoms with Crippen molar-refractivity contribution in [3.05, 3.63) is 34.4 Å². The monoisotopic (exact) mass is 364 g/mol. The molecule has 7 heteroatoms. The van der Waals surface area contributed by atoms with Crippen molar-refractivity contribution in [1.29, 1.82) is 0 Å². The molecule has 1 aromatic heterocycles. The first kappa shape index (κ1) is 16.6. The molecule has 0 aliphatic rings. The average molecular weight is 365 g/mol. The molecular formula is C15H21BrN6. The maximum atomic E-state index is 4.42. The average Bonchev–Trinajstić information content (AvgIpc) is 2.47. The van der Waals surface area contributed by atoms with E-state index in [-0.39, 0.29) is 0 Å². The van der Waals surface area contributed by atoms with Gasteiger partial charge in [-0.05, 0) is 67.6 Å². The summed E-state index contributed by atoms with van der Waals surface area (Å²) in [7, 11) is 4.12. The first-order valence-electron chi connectivity index (χ1n) is 7.16. The quantitative estimate of drug-likeness (QED) is 0.736. The van der Waals surface area contributed by atoms with Gasteiger partial charge in [0.05, 0.1) is 11.9 Å².